The van der Waals surface area contributed by atoms with Crippen molar-refractivity contribution in [1.29, 1.82) is 0 Å². The third kappa shape index (κ3) is 3.43. The van der Waals surface area contributed by atoms with Gasteiger partial charge in [0.2, 0.25) is 5.91 Å². The predicted octanol–water partition coefficient (Wildman–Crippen LogP) is -0.409. The lowest BCUT2D eigenvalue weighted by molar-refractivity contribution is -0.149. The van der Waals surface area contributed by atoms with Crippen LogP contribution in [0, 0.1) is 4.91 Å². The standard InChI is InChI=1S/C10H15N3O5S/c1-6(14)12-10(19,5-11-18)9(17)13-4-2-3-7(13)8(15)16/h7,19H,2-5H2,1H3,(H,12,14)(H,15,16). The molecule has 0 aromatic heterocycles. The molecule has 19 heavy (non-hydrogen) atoms. The molecule has 1 rings (SSSR count). The average molecular weight is 289 g/mol. The number of rotatable bonds is 5. The van der Waals surface area contributed by atoms with Crippen molar-refractivity contribution in [3.8, 4) is 0 Å². The van der Waals surface area contributed by atoms with Gasteiger partial charge in [-0.25, -0.2) is 4.79 Å². The smallest absolute Gasteiger partial charge is 0.326 e. The number of likely N-dealkylation sites (tertiary alicyclic amines) is 1. The highest BCUT2D eigenvalue weighted by molar-refractivity contribution is 7.82. The van der Waals surface area contributed by atoms with Crippen molar-refractivity contribution in [2.75, 3.05) is 13.1 Å². The van der Waals surface area contributed by atoms with Crippen molar-refractivity contribution in [2.24, 2.45) is 5.18 Å². The van der Waals surface area contributed by atoms with Gasteiger partial charge in [-0.1, -0.05) is 5.18 Å². The van der Waals surface area contributed by atoms with Crippen molar-refractivity contribution in [3.05, 3.63) is 4.91 Å². The minimum Gasteiger partial charge on any atom is -0.480 e. The van der Waals surface area contributed by atoms with E-state index in [9.17, 15) is 19.3 Å². The van der Waals surface area contributed by atoms with Crippen LogP contribution in [-0.2, 0) is 14.4 Å². The monoisotopic (exact) mass is 289 g/mol. The summed E-state index contributed by atoms with van der Waals surface area (Å²) in [5, 5.41) is 13.8. The Balaban J connectivity index is 2.96. The molecule has 106 valence electrons. The van der Waals surface area contributed by atoms with E-state index in [2.05, 4.69) is 23.1 Å². The fraction of sp³-hybridized carbons (Fsp3) is 0.700. The van der Waals surface area contributed by atoms with E-state index in [1.807, 2.05) is 0 Å². The van der Waals surface area contributed by atoms with Crippen molar-refractivity contribution in [2.45, 2.75) is 30.7 Å². The van der Waals surface area contributed by atoms with Gasteiger partial charge in [0.05, 0.1) is 0 Å². The molecule has 2 atom stereocenters. The molecule has 2 N–H and O–H groups in total. The number of aliphatic carboxylic acids is 1. The van der Waals surface area contributed by atoms with Crippen LogP contribution in [0.15, 0.2) is 5.18 Å². The first kappa shape index (κ1) is 15.4. The molecule has 2 unspecified atom stereocenters. The molecule has 0 aliphatic carbocycles. The Bertz CT molecular complexity index is 416. The van der Waals surface area contributed by atoms with Crippen LogP contribution in [-0.4, -0.2) is 51.8 Å². The molecular formula is C10H15N3O5S. The first-order valence-electron chi connectivity index (χ1n) is 5.66. The largest absolute Gasteiger partial charge is 0.480 e. The number of nitrogens with zero attached hydrogens (tertiary/aromatic N) is 2. The second-order valence-corrected chi connectivity index (χ2v) is 5.09. The summed E-state index contributed by atoms with van der Waals surface area (Å²) in [5.74, 6) is -2.41. The van der Waals surface area contributed by atoms with E-state index in [4.69, 9.17) is 5.11 Å². The summed E-state index contributed by atoms with van der Waals surface area (Å²) in [6.45, 7) is 0.843. The van der Waals surface area contributed by atoms with E-state index in [0.29, 0.717) is 12.8 Å². The summed E-state index contributed by atoms with van der Waals surface area (Å²) in [4.78, 5) is 44.1. The lowest BCUT2D eigenvalue weighted by Crippen LogP contribution is -2.59. The van der Waals surface area contributed by atoms with E-state index < -0.39 is 35.2 Å². The Labute approximate surface area is 114 Å². The van der Waals surface area contributed by atoms with Gasteiger partial charge in [0.1, 0.15) is 12.6 Å². The molecular weight excluding hydrogens is 274 g/mol. The maximum atomic E-state index is 12.3. The van der Waals surface area contributed by atoms with Crippen LogP contribution in [0.3, 0.4) is 0 Å². The number of hydrogen-bond acceptors (Lipinski definition) is 6. The molecule has 2 amide bonds. The lowest BCUT2D eigenvalue weighted by Gasteiger charge is -2.32. The van der Waals surface area contributed by atoms with Crippen LogP contribution >= 0.6 is 12.6 Å². The molecule has 9 heteroatoms. The molecule has 0 bridgehead atoms. The number of carbonyl (C=O) groups excluding carboxylic acids is 2. The minimum absolute atomic E-state index is 0.247. The zero-order valence-electron chi connectivity index (χ0n) is 10.3. The summed E-state index contributed by atoms with van der Waals surface area (Å²) in [6, 6.07) is -0.959. The Morgan fingerprint density at radius 3 is 2.63 bits per heavy atom. The molecule has 0 spiro atoms. The highest BCUT2D eigenvalue weighted by Crippen LogP contribution is 2.24. The quantitative estimate of drug-likeness (QED) is 0.361. The van der Waals surface area contributed by atoms with E-state index in [1.165, 1.54) is 6.92 Å². The van der Waals surface area contributed by atoms with Crippen molar-refractivity contribution >= 4 is 30.4 Å². The van der Waals surface area contributed by atoms with E-state index in [0.717, 1.165) is 4.90 Å². The molecule has 1 saturated heterocycles. The maximum absolute atomic E-state index is 12.3. The maximum Gasteiger partial charge on any atom is 0.326 e. The number of carboxylic acids is 1. The fourth-order valence-corrected chi connectivity index (χ4v) is 2.39. The second-order valence-electron chi connectivity index (χ2n) is 4.32. The number of nitroso groups, excluding NO2 is 1. The molecule has 1 fully saturated rings. The SMILES string of the molecule is CC(=O)NC(S)(CN=O)C(=O)N1CCCC1C(=O)O. The Morgan fingerprint density at radius 1 is 1.53 bits per heavy atom. The molecule has 8 nitrogen and oxygen atoms in total. The van der Waals surface area contributed by atoms with Crippen LogP contribution in [0.5, 0.6) is 0 Å². The number of carboxylic acid groups (broad SMARTS) is 1. The zero-order chi connectivity index (χ0) is 14.6. The summed E-state index contributed by atoms with van der Waals surface area (Å²) in [5.41, 5.74) is 0. The van der Waals surface area contributed by atoms with Crippen molar-refractivity contribution in [1.82, 2.24) is 10.2 Å². The van der Waals surface area contributed by atoms with Gasteiger partial charge < -0.3 is 15.3 Å². The summed E-state index contributed by atoms with van der Waals surface area (Å²) in [6.07, 6.45) is 0.876. The second kappa shape index (κ2) is 6.00. The Hall–Kier alpha value is -1.64. The molecule has 1 aliphatic heterocycles. The number of nitrogens with one attached hydrogen (secondary N) is 1. The van der Waals surface area contributed by atoms with E-state index in [1.54, 1.807) is 0 Å². The number of thiol groups is 1. The van der Waals surface area contributed by atoms with Gasteiger partial charge in [-0.15, -0.1) is 12.6 Å². The number of hydrogen-bond donors (Lipinski definition) is 3. The Kier molecular flexibility index (Phi) is 4.87. The summed E-state index contributed by atoms with van der Waals surface area (Å²) in [7, 11) is 0. The topological polar surface area (TPSA) is 116 Å². The molecule has 1 heterocycles. The number of amides is 2. The normalized spacial score (nSPS) is 21.6. The fourth-order valence-electron chi connectivity index (χ4n) is 2.05. The minimum atomic E-state index is -1.80. The van der Waals surface area contributed by atoms with Gasteiger partial charge >= 0.3 is 5.97 Å². The van der Waals surface area contributed by atoms with Crippen LogP contribution in [0.25, 0.3) is 0 Å². The number of carbonyl (C=O) groups is 3. The third-order valence-electron chi connectivity index (χ3n) is 2.83. The van der Waals surface area contributed by atoms with Gasteiger partial charge in [-0.2, -0.15) is 4.91 Å². The van der Waals surface area contributed by atoms with Gasteiger partial charge in [0, 0.05) is 13.5 Å². The lowest BCUT2D eigenvalue weighted by atomic mass is 10.2. The molecule has 1 aliphatic rings. The third-order valence-corrected chi connectivity index (χ3v) is 3.27. The van der Waals surface area contributed by atoms with Crippen LogP contribution in [0.4, 0.5) is 0 Å². The molecule has 0 aromatic rings. The Morgan fingerprint density at radius 2 is 2.16 bits per heavy atom. The van der Waals surface area contributed by atoms with E-state index >= 15 is 0 Å². The van der Waals surface area contributed by atoms with Crippen LogP contribution in [0.2, 0.25) is 0 Å². The van der Waals surface area contributed by atoms with Crippen molar-refractivity contribution < 1.29 is 19.5 Å². The highest BCUT2D eigenvalue weighted by Gasteiger charge is 2.45. The van der Waals surface area contributed by atoms with Crippen molar-refractivity contribution in [3.63, 3.8) is 0 Å². The first-order valence-corrected chi connectivity index (χ1v) is 6.10. The summed E-state index contributed by atoms with van der Waals surface area (Å²) < 4.78 is 0. The zero-order valence-corrected chi connectivity index (χ0v) is 11.2. The van der Waals surface area contributed by atoms with Gasteiger partial charge in [0.25, 0.3) is 5.91 Å². The van der Waals surface area contributed by atoms with Gasteiger partial charge in [-0.05, 0) is 12.8 Å². The van der Waals surface area contributed by atoms with Gasteiger partial charge in [-0.3, -0.25) is 9.59 Å². The van der Waals surface area contributed by atoms with Crippen LogP contribution < -0.4 is 5.32 Å². The van der Waals surface area contributed by atoms with E-state index in [-0.39, 0.29) is 6.54 Å². The molecule has 0 saturated carbocycles. The highest BCUT2D eigenvalue weighted by atomic mass is 32.1. The summed E-state index contributed by atoms with van der Waals surface area (Å²) >= 11 is 4.01. The predicted molar refractivity (Wildman–Crippen MR) is 68.6 cm³/mol. The average Bonchev–Trinajstić information content (AvgIpc) is 2.75. The van der Waals surface area contributed by atoms with Crippen LogP contribution in [0.1, 0.15) is 19.8 Å². The molecule has 0 aromatic carbocycles. The molecule has 0 radical (unpaired) electrons. The first-order chi connectivity index (χ1) is 8.81. The van der Waals surface area contributed by atoms with Gasteiger partial charge in [0.15, 0.2) is 4.87 Å².